The SMILES string of the molecule is CCO[C@@H]1C[C@H]2COc3ccn4ncc(c4n3)-c3cc(C#N)cc(c3)NCCN2C1=O. The van der Waals surface area contributed by atoms with Crippen LogP contribution in [0.1, 0.15) is 18.9 Å². The van der Waals surface area contributed by atoms with Crippen LogP contribution in [0, 0.1) is 11.3 Å². The van der Waals surface area contributed by atoms with Crippen LogP contribution in [0.2, 0.25) is 0 Å². The molecule has 9 heteroatoms. The number of nitrogens with one attached hydrogen (secondary N) is 1. The molecule has 2 atom stereocenters. The maximum atomic E-state index is 12.9. The van der Waals surface area contributed by atoms with E-state index in [0.717, 1.165) is 16.8 Å². The molecule has 0 aliphatic carbocycles. The van der Waals surface area contributed by atoms with Crippen molar-refractivity contribution in [1.29, 1.82) is 5.26 Å². The standard InChI is InChI=1S/C22H22N6O3/c1-2-30-19-10-17-13-31-20-3-5-28-21(26-20)18(12-25-28)15-7-14(11-23)8-16(9-15)24-4-6-27(17)22(19)29/h3,5,7-9,12,17,19,24H,2,4,6,10,13H2,1H3/t17-,19+/m0/s1. The Morgan fingerprint density at radius 2 is 2.29 bits per heavy atom. The van der Waals surface area contributed by atoms with Crippen LogP contribution in [-0.4, -0.2) is 63.9 Å². The molecular weight excluding hydrogens is 396 g/mol. The summed E-state index contributed by atoms with van der Waals surface area (Å²) in [5.74, 6) is 0.450. The minimum Gasteiger partial charge on any atom is -0.475 e. The van der Waals surface area contributed by atoms with Gasteiger partial charge in [0.25, 0.3) is 5.91 Å². The number of anilines is 1. The lowest BCUT2D eigenvalue weighted by Crippen LogP contribution is -2.41. The van der Waals surface area contributed by atoms with Gasteiger partial charge in [0, 0.05) is 49.6 Å². The van der Waals surface area contributed by atoms with Gasteiger partial charge in [-0.15, -0.1) is 0 Å². The number of hydrogen-bond acceptors (Lipinski definition) is 7. The van der Waals surface area contributed by atoms with Crippen LogP contribution >= 0.6 is 0 Å². The fourth-order valence-corrected chi connectivity index (χ4v) is 4.22. The number of hydrogen-bond donors (Lipinski definition) is 1. The van der Waals surface area contributed by atoms with Gasteiger partial charge in [-0.25, -0.2) is 4.52 Å². The van der Waals surface area contributed by atoms with Gasteiger partial charge in [-0.05, 0) is 30.7 Å². The minimum atomic E-state index is -0.445. The first-order chi connectivity index (χ1) is 15.2. The summed E-state index contributed by atoms with van der Waals surface area (Å²) >= 11 is 0. The van der Waals surface area contributed by atoms with Crippen molar-refractivity contribution < 1.29 is 14.3 Å². The molecule has 4 bridgehead atoms. The van der Waals surface area contributed by atoms with Gasteiger partial charge in [0.1, 0.15) is 12.7 Å². The van der Waals surface area contributed by atoms with E-state index in [1.807, 2.05) is 24.0 Å². The normalized spacial score (nSPS) is 20.6. The van der Waals surface area contributed by atoms with Crippen LogP contribution in [-0.2, 0) is 9.53 Å². The second kappa shape index (κ2) is 7.89. The highest BCUT2D eigenvalue weighted by atomic mass is 16.5. The number of fused-ring (bicyclic) bond motifs is 5. The second-order valence-corrected chi connectivity index (χ2v) is 7.61. The fourth-order valence-electron chi connectivity index (χ4n) is 4.22. The third-order valence-corrected chi connectivity index (χ3v) is 5.68. The van der Waals surface area contributed by atoms with E-state index < -0.39 is 6.10 Å². The van der Waals surface area contributed by atoms with E-state index in [1.54, 1.807) is 29.0 Å². The van der Waals surface area contributed by atoms with Crippen LogP contribution in [0.4, 0.5) is 5.69 Å². The lowest BCUT2D eigenvalue weighted by molar-refractivity contribution is -0.137. The maximum Gasteiger partial charge on any atom is 0.252 e. The predicted octanol–water partition coefficient (Wildman–Crippen LogP) is 2.08. The van der Waals surface area contributed by atoms with E-state index in [-0.39, 0.29) is 11.9 Å². The van der Waals surface area contributed by atoms with Crippen LogP contribution < -0.4 is 10.1 Å². The Kier molecular flexibility index (Phi) is 4.92. The largest absolute Gasteiger partial charge is 0.475 e. The van der Waals surface area contributed by atoms with E-state index in [0.29, 0.717) is 49.8 Å². The number of rotatable bonds is 2. The second-order valence-electron chi connectivity index (χ2n) is 7.61. The van der Waals surface area contributed by atoms with Gasteiger partial charge >= 0.3 is 0 Å². The van der Waals surface area contributed by atoms with E-state index in [4.69, 9.17) is 9.47 Å². The lowest BCUT2D eigenvalue weighted by atomic mass is 10.0. The first kappa shape index (κ1) is 19.3. The van der Waals surface area contributed by atoms with Crippen molar-refractivity contribution in [2.45, 2.75) is 25.5 Å². The molecule has 158 valence electrons. The van der Waals surface area contributed by atoms with Gasteiger partial charge in [0.15, 0.2) is 5.65 Å². The summed E-state index contributed by atoms with van der Waals surface area (Å²) < 4.78 is 13.3. The van der Waals surface area contributed by atoms with Gasteiger partial charge in [-0.2, -0.15) is 15.3 Å². The van der Waals surface area contributed by atoms with Crippen LogP contribution in [0.5, 0.6) is 5.88 Å². The molecule has 0 unspecified atom stereocenters. The monoisotopic (exact) mass is 418 g/mol. The molecule has 0 radical (unpaired) electrons. The molecule has 1 saturated heterocycles. The molecule has 0 saturated carbocycles. The molecule has 1 aromatic carbocycles. The predicted molar refractivity (Wildman–Crippen MR) is 113 cm³/mol. The van der Waals surface area contributed by atoms with Gasteiger partial charge in [0.2, 0.25) is 5.88 Å². The van der Waals surface area contributed by atoms with Crippen LogP contribution in [0.25, 0.3) is 16.8 Å². The number of aromatic nitrogens is 3. The molecule has 2 aliphatic rings. The van der Waals surface area contributed by atoms with Crippen molar-refractivity contribution in [2.24, 2.45) is 0 Å². The summed E-state index contributed by atoms with van der Waals surface area (Å²) in [5, 5.41) is 17.2. The molecule has 2 aromatic heterocycles. The number of benzene rings is 1. The highest BCUT2D eigenvalue weighted by molar-refractivity contribution is 5.84. The first-order valence-corrected chi connectivity index (χ1v) is 10.3. The zero-order valence-corrected chi connectivity index (χ0v) is 17.1. The molecule has 1 fully saturated rings. The Morgan fingerprint density at radius 3 is 3.13 bits per heavy atom. The highest BCUT2D eigenvalue weighted by Crippen LogP contribution is 2.29. The number of carbonyl (C=O) groups excluding carboxylic acids is 1. The number of carbonyl (C=O) groups is 1. The van der Waals surface area contributed by atoms with E-state index >= 15 is 0 Å². The Hall–Kier alpha value is -3.64. The average Bonchev–Trinajstić information content (AvgIpc) is 3.33. The van der Waals surface area contributed by atoms with E-state index in [1.165, 1.54) is 0 Å². The van der Waals surface area contributed by atoms with Crippen LogP contribution in [0.3, 0.4) is 0 Å². The summed E-state index contributed by atoms with van der Waals surface area (Å²) in [7, 11) is 0. The summed E-state index contributed by atoms with van der Waals surface area (Å²) in [5.41, 5.74) is 3.64. The number of amides is 1. The summed E-state index contributed by atoms with van der Waals surface area (Å²) in [6, 6.07) is 9.45. The molecule has 2 aliphatic heterocycles. The Balaban J connectivity index is 1.56. The van der Waals surface area contributed by atoms with Crippen molar-refractivity contribution in [1.82, 2.24) is 19.5 Å². The Morgan fingerprint density at radius 1 is 1.39 bits per heavy atom. The molecule has 1 amide bonds. The topological polar surface area (TPSA) is 105 Å². The molecule has 3 aromatic rings. The molecular formula is C22H22N6O3. The number of nitriles is 1. The summed E-state index contributed by atoms with van der Waals surface area (Å²) in [6.07, 6.45) is 3.67. The average molecular weight is 418 g/mol. The van der Waals surface area contributed by atoms with Crippen molar-refractivity contribution in [3.63, 3.8) is 0 Å². The highest BCUT2D eigenvalue weighted by Gasteiger charge is 2.40. The van der Waals surface area contributed by atoms with Gasteiger partial charge < -0.3 is 19.7 Å². The maximum absolute atomic E-state index is 12.9. The van der Waals surface area contributed by atoms with Gasteiger partial charge in [-0.3, -0.25) is 4.79 Å². The third-order valence-electron chi connectivity index (χ3n) is 5.68. The lowest BCUT2D eigenvalue weighted by Gasteiger charge is -2.25. The van der Waals surface area contributed by atoms with E-state index in [2.05, 4.69) is 21.5 Å². The zero-order chi connectivity index (χ0) is 21.4. The zero-order valence-electron chi connectivity index (χ0n) is 17.1. The summed E-state index contributed by atoms with van der Waals surface area (Å²) in [4.78, 5) is 19.3. The molecule has 5 rings (SSSR count). The molecule has 31 heavy (non-hydrogen) atoms. The fraction of sp³-hybridized carbons (Fsp3) is 0.364. The van der Waals surface area contributed by atoms with Crippen molar-refractivity contribution in [3.8, 4) is 23.1 Å². The number of ether oxygens (including phenoxy) is 2. The van der Waals surface area contributed by atoms with Gasteiger partial charge in [0.05, 0.1) is 23.9 Å². The Bertz CT molecular complexity index is 1180. The smallest absolute Gasteiger partial charge is 0.252 e. The molecule has 1 N–H and O–H groups in total. The van der Waals surface area contributed by atoms with Crippen molar-refractivity contribution in [2.75, 3.05) is 31.6 Å². The Labute approximate surface area is 179 Å². The first-order valence-electron chi connectivity index (χ1n) is 10.3. The minimum absolute atomic E-state index is 0.0164. The summed E-state index contributed by atoms with van der Waals surface area (Å²) in [6.45, 7) is 3.77. The number of nitrogens with zero attached hydrogens (tertiary/aromatic N) is 5. The molecule has 9 nitrogen and oxygen atoms in total. The van der Waals surface area contributed by atoms with E-state index in [9.17, 15) is 10.1 Å². The van der Waals surface area contributed by atoms with Crippen molar-refractivity contribution >= 4 is 17.2 Å². The quantitative estimate of drug-likeness (QED) is 0.679. The van der Waals surface area contributed by atoms with Gasteiger partial charge in [-0.1, -0.05) is 0 Å². The van der Waals surface area contributed by atoms with Crippen molar-refractivity contribution in [3.05, 3.63) is 42.2 Å². The molecule has 0 spiro atoms. The van der Waals surface area contributed by atoms with Crippen LogP contribution in [0.15, 0.2) is 36.7 Å². The third kappa shape index (κ3) is 3.55. The molecule has 4 heterocycles.